The molecule has 0 spiro atoms. The standard InChI is InChI=1S/C18H24ClNO3S/c1-13-6-2-5-9-16(13)20-17(21)10-23-18(22)12-24-11-14-7-3-4-8-15(14)19/h3-4,7-8,13,16H,2,5-6,9-12H2,1H3,(H,20,21)/t13-,16+/m1/s1. The Morgan fingerprint density at radius 3 is 2.79 bits per heavy atom. The second-order valence-corrected chi connectivity index (χ2v) is 7.57. The van der Waals surface area contributed by atoms with Gasteiger partial charge in [-0.05, 0) is 30.4 Å². The molecule has 0 radical (unpaired) electrons. The summed E-state index contributed by atoms with van der Waals surface area (Å²) in [4.78, 5) is 23.6. The topological polar surface area (TPSA) is 55.4 Å². The van der Waals surface area contributed by atoms with Crippen molar-refractivity contribution in [2.75, 3.05) is 12.4 Å². The van der Waals surface area contributed by atoms with Crippen molar-refractivity contribution in [1.82, 2.24) is 5.32 Å². The molecular weight excluding hydrogens is 346 g/mol. The van der Waals surface area contributed by atoms with Crippen LogP contribution >= 0.6 is 23.4 Å². The normalized spacial score (nSPS) is 20.4. The first kappa shape index (κ1) is 19.1. The molecule has 1 N–H and O–H groups in total. The number of hydrogen-bond donors (Lipinski definition) is 1. The number of benzene rings is 1. The van der Waals surface area contributed by atoms with Crippen molar-refractivity contribution >= 4 is 35.2 Å². The lowest BCUT2D eigenvalue weighted by atomic mass is 9.86. The van der Waals surface area contributed by atoms with Crippen LogP contribution < -0.4 is 5.32 Å². The zero-order valence-corrected chi connectivity index (χ0v) is 15.5. The van der Waals surface area contributed by atoms with Gasteiger partial charge in [0, 0.05) is 16.8 Å². The lowest BCUT2D eigenvalue weighted by Gasteiger charge is -2.29. The van der Waals surface area contributed by atoms with Gasteiger partial charge in [-0.2, -0.15) is 0 Å². The highest BCUT2D eigenvalue weighted by Gasteiger charge is 2.23. The van der Waals surface area contributed by atoms with Gasteiger partial charge in [0.05, 0.1) is 5.75 Å². The molecule has 0 aromatic heterocycles. The first-order valence-electron chi connectivity index (χ1n) is 8.32. The fourth-order valence-electron chi connectivity index (χ4n) is 2.83. The van der Waals surface area contributed by atoms with Gasteiger partial charge in [0.1, 0.15) is 0 Å². The summed E-state index contributed by atoms with van der Waals surface area (Å²) in [6, 6.07) is 7.75. The highest BCUT2D eigenvalue weighted by atomic mass is 35.5. The molecule has 4 nitrogen and oxygen atoms in total. The smallest absolute Gasteiger partial charge is 0.316 e. The summed E-state index contributed by atoms with van der Waals surface area (Å²) in [5.41, 5.74) is 0.987. The minimum atomic E-state index is -0.376. The number of nitrogens with one attached hydrogen (secondary N) is 1. The average molecular weight is 370 g/mol. The minimum absolute atomic E-state index is 0.200. The molecule has 0 heterocycles. The Kier molecular flexibility index (Phi) is 7.92. The van der Waals surface area contributed by atoms with Crippen LogP contribution in [0, 0.1) is 5.92 Å². The number of thioether (sulfide) groups is 1. The number of halogens is 1. The van der Waals surface area contributed by atoms with Gasteiger partial charge in [-0.1, -0.05) is 49.6 Å². The van der Waals surface area contributed by atoms with E-state index in [0.717, 1.165) is 24.8 Å². The maximum atomic E-state index is 11.9. The molecule has 24 heavy (non-hydrogen) atoms. The predicted molar refractivity (Wildman–Crippen MR) is 98.1 cm³/mol. The largest absolute Gasteiger partial charge is 0.455 e. The third-order valence-corrected chi connectivity index (χ3v) is 5.58. The second-order valence-electron chi connectivity index (χ2n) is 6.18. The summed E-state index contributed by atoms with van der Waals surface area (Å²) in [7, 11) is 0. The Balaban J connectivity index is 1.62. The van der Waals surface area contributed by atoms with E-state index in [-0.39, 0.29) is 30.3 Å². The van der Waals surface area contributed by atoms with Crippen molar-refractivity contribution in [2.24, 2.45) is 5.92 Å². The van der Waals surface area contributed by atoms with Gasteiger partial charge < -0.3 is 10.1 Å². The van der Waals surface area contributed by atoms with Crippen molar-refractivity contribution in [3.8, 4) is 0 Å². The maximum Gasteiger partial charge on any atom is 0.316 e. The molecule has 1 aliphatic carbocycles. The van der Waals surface area contributed by atoms with E-state index in [4.69, 9.17) is 16.3 Å². The first-order valence-corrected chi connectivity index (χ1v) is 9.85. The number of carbonyl (C=O) groups is 2. The number of amides is 1. The molecule has 1 aromatic carbocycles. The van der Waals surface area contributed by atoms with Crippen LogP contribution in [0.1, 0.15) is 38.2 Å². The Bertz CT molecular complexity index is 567. The zero-order valence-electron chi connectivity index (χ0n) is 13.9. The number of hydrogen-bond acceptors (Lipinski definition) is 4. The number of rotatable bonds is 7. The first-order chi connectivity index (χ1) is 11.6. The van der Waals surface area contributed by atoms with Gasteiger partial charge in [0.2, 0.25) is 0 Å². The van der Waals surface area contributed by atoms with Gasteiger partial charge >= 0.3 is 5.97 Å². The fraction of sp³-hybridized carbons (Fsp3) is 0.556. The van der Waals surface area contributed by atoms with E-state index in [1.165, 1.54) is 18.2 Å². The molecule has 1 amide bonds. The van der Waals surface area contributed by atoms with E-state index in [9.17, 15) is 9.59 Å². The van der Waals surface area contributed by atoms with E-state index in [0.29, 0.717) is 16.7 Å². The fourth-order valence-corrected chi connectivity index (χ4v) is 3.93. The number of esters is 1. The van der Waals surface area contributed by atoms with Crippen molar-refractivity contribution in [3.63, 3.8) is 0 Å². The van der Waals surface area contributed by atoms with E-state index in [1.54, 1.807) is 0 Å². The van der Waals surface area contributed by atoms with Crippen LogP contribution in [-0.2, 0) is 20.1 Å². The predicted octanol–water partition coefficient (Wildman–Crippen LogP) is 3.81. The Morgan fingerprint density at radius 2 is 2.04 bits per heavy atom. The summed E-state index contributed by atoms with van der Waals surface area (Å²) < 4.78 is 5.04. The third-order valence-electron chi connectivity index (χ3n) is 4.26. The Morgan fingerprint density at radius 1 is 1.29 bits per heavy atom. The van der Waals surface area contributed by atoms with Crippen LogP contribution in [0.5, 0.6) is 0 Å². The SMILES string of the molecule is C[C@@H]1CCCC[C@@H]1NC(=O)COC(=O)CSCc1ccccc1Cl. The minimum Gasteiger partial charge on any atom is -0.455 e. The second kappa shape index (κ2) is 9.94. The average Bonchev–Trinajstić information content (AvgIpc) is 2.57. The highest BCUT2D eigenvalue weighted by Crippen LogP contribution is 2.23. The monoisotopic (exact) mass is 369 g/mol. The lowest BCUT2D eigenvalue weighted by Crippen LogP contribution is -2.43. The van der Waals surface area contributed by atoms with Gasteiger partial charge in [0.25, 0.3) is 5.91 Å². The van der Waals surface area contributed by atoms with Crippen LogP contribution in [0.15, 0.2) is 24.3 Å². The molecule has 0 unspecified atom stereocenters. The van der Waals surface area contributed by atoms with Crippen LogP contribution in [0.25, 0.3) is 0 Å². The van der Waals surface area contributed by atoms with Crippen molar-refractivity contribution < 1.29 is 14.3 Å². The Hall–Kier alpha value is -1.20. The molecule has 1 aromatic rings. The van der Waals surface area contributed by atoms with Crippen LogP contribution in [0.3, 0.4) is 0 Å². The molecule has 6 heteroatoms. The summed E-state index contributed by atoms with van der Waals surface area (Å²) in [6.07, 6.45) is 4.52. The van der Waals surface area contributed by atoms with Crippen molar-refractivity contribution in [1.29, 1.82) is 0 Å². The molecule has 1 saturated carbocycles. The van der Waals surface area contributed by atoms with Gasteiger partial charge in [0.15, 0.2) is 6.61 Å². The van der Waals surface area contributed by atoms with Crippen molar-refractivity contribution in [3.05, 3.63) is 34.9 Å². The lowest BCUT2D eigenvalue weighted by molar-refractivity contribution is -0.146. The van der Waals surface area contributed by atoms with Gasteiger partial charge in [-0.15, -0.1) is 11.8 Å². The Labute approximate surface area is 152 Å². The van der Waals surface area contributed by atoms with Crippen LogP contribution in [0.2, 0.25) is 5.02 Å². The molecule has 2 rings (SSSR count). The van der Waals surface area contributed by atoms with Gasteiger partial charge in [-0.25, -0.2) is 0 Å². The summed E-state index contributed by atoms with van der Waals surface area (Å²) in [5, 5.41) is 3.67. The molecule has 0 saturated heterocycles. The third kappa shape index (κ3) is 6.36. The number of carbonyl (C=O) groups excluding carboxylic acids is 2. The van der Waals surface area contributed by atoms with E-state index in [2.05, 4.69) is 12.2 Å². The van der Waals surface area contributed by atoms with E-state index >= 15 is 0 Å². The summed E-state index contributed by atoms with van der Waals surface area (Å²) in [6.45, 7) is 1.95. The molecule has 1 fully saturated rings. The van der Waals surface area contributed by atoms with Crippen LogP contribution in [-0.4, -0.2) is 30.3 Å². The molecule has 132 valence electrons. The molecule has 1 aliphatic rings. The van der Waals surface area contributed by atoms with E-state index < -0.39 is 0 Å². The van der Waals surface area contributed by atoms with Gasteiger partial charge in [-0.3, -0.25) is 9.59 Å². The zero-order chi connectivity index (χ0) is 17.4. The summed E-state index contributed by atoms with van der Waals surface area (Å²) >= 11 is 7.49. The maximum absolute atomic E-state index is 11.9. The number of ether oxygens (including phenoxy) is 1. The highest BCUT2D eigenvalue weighted by molar-refractivity contribution is 7.99. The molecular formula is C18H24ClNO3S. The molecule has 0 aliphatic heterocycles. The summed E-state index contributed by atoms with van der Waals surface area (Å²) in [5.74, 6) is 0.750. The van der Waals surface area contributed by atoms with Crippen molar-refractivity contribution in [2.45, 2.75) is 44.4 Å². The van der Waals surface area contributed by atoms with Crippen LogP contribution in [0.4, 0.5) is 0 Å². The molecule has 2 atom stereocenters. The van der Waals surface area contributed by atoms with E-state index in [1.807, 2.05) is 24.3 Å². The quantitative estimate of drug-likeness (QED) is 0.742. The molecule has 0 bridgehead atoms.